The zero-order chi connectivity index (χ0) is 16.1. The Labute approximate surface area is 141 Å². The van der Waals surface area contributed by atoms with E-state index in [0.29, 0.717) is 5.92 Å². The summed E-state index contributed by atoms with van der Waals surface area (Å²) >= 11 is 1.74. The number of ether oxygens (including phenoxy) is 1. The zero-order valence-corrected chi connectivity index (χ0v) is 14.6. The average Bonchev–Trinajstić information content (AvgIpc) is 3.03. The zero-order valence-electron chi connectivity index (χ0n) is 13.8. The predicted octanol–water partition coefficient (Wildman–Crippen LogP) is 3.04. The highest BCUT2D eigenvalue weighted by Crippen LogP contribution is 2.25. The highest BCUT2D eigenvalue weighted by molar-refractivity contribution is 7.15. The molecule has 5 nitrogen and oxygen atoms in total. The summed E-state index contributed by atoms with van der Waals surface area (Å²) in [5.74, 6) is 1.56. The van der Waals surface area contributed by atoms with Gasteiger partial charge in [0.2, 0.25) is 0 Å². The molecule has 3 rings (SSSR count). The van der Waals surface area contributed by atoms with Crippen LogP contribution in [-0.2, 0) is 13.0 Å². The topological polar surface area (TPSA) is 50.3 Å². The molecule has 1 aliphatic rings. The monoisotopic (exact) mass is 332 g/mol. The molecule has 6 heteroatoms. The number of nitrogens with zero attached hydrogens (tertiary/aromatic N) is 3. The number of thiazole rings is 1. The smallest absolute Gasteiger partial charge is 0.182 e. The standard InChI is InChI=1S/C17H24N4OS/c1-18-17-20-10-16(23-17)12-21-7-3-4-13(11-21)8-14-9-15(22-2)5-6-19-14/h5-6,9-10,13H,3-4,7-8,11-12H2,1-2H3,(H,18,20). The van der Waals surface area contributed by atoms with Gasteiger partial charge in [0.05, 0.1) is 7.11 Å². The van der Waals surface area contributed by atoms with Crippen molar-refractivity contribution in [1.82, 2.24) is 14.9 Å². The van der Waals surface area contributed by atoms with Gasteiger partial charge in [-0.3, -0.25) is 9.88 Å². The van der Waals surface area contributed by atoms with Gasteiger partial charge in [-0.15, -0.1) is 11.3 Å². The lowest BCUT2D eigenvalue weighted by atomic mass is 9.93. The lowest BCUT2D eigenvalue weighted by Gasteiger charge is -2.32. The number of hydrogen-bond donors (Lipinski definition) is 1. The minimum absolute atomic E-state index is 0.667. The number of nitrogens with one attached hydrogen (secondary N) is 1. The number of methoxy groups -OCH3 is 1. The third-order valence-electron chi connectivity index (χ3n) is 4.27. The van der Waals surface area contributed by atoms with Crippen molar-refractivity contribution in [2.24, 2.45) is 5.92 Å². The van der Waals surface area contributed by atoms with Gasteiger partial charge in [0.25, 0.3) is 0 Å². The van der Waals surface area contributed by atoms with Crippen molar-refractivity contribution in [2.75, 3.05) is 32.6 Å². The molecule has 23 heavy (non-hydrogen) atoms. The average molecular weight is 332 g/mol. The van der Waals surface area contributed by atoms with Crippen LogP contribution in [0.2, 0.25) is 0 Å². The van der Waals surface area contributed by atoms with Gasteiger partial charge in [-0.1, -0.05) is 0 Å². The Morgan fingerprint density at radius 3 is 3.13 bits per heavy atom. The summed E-state index contributed by atoms with van der Waals surface area (Å²) in [4.78, 5) is 12.7. The largest absolute Gasteiger partial charge is 0.497 e. The molecule has 1 N–H and O–H groups in total. The molecule has 3 heterocycles. The van der Waals surface area contributed by atoms with E-state index in [1.54, 1.807) is 18.4 Å². The number of hydrogen-bond acceptors (Lipinski definition) is 6. The normalized spacial score (nSPS) is 18.8. The highest BCUT2D eigenvalue weighted by Gasteiger charge is 2.21. The van der Waals surface area contributed by atoms with Gasteiger partial charge >= 0.3 is 0 Å². The van der Waals surface area contributed by atoms with E-state index in [0.717, 1.165) is 36.1 Å². The fourth-order valence-corrected chi connectivity index (χ4v) is 3.98. The third-order valence-corrected chi connectivity index (χ3v) is 5.27. The van der Waals surface area contributed by atoms with E-state index in [4.69, 9.17) is 4.74 Å². The third kappa shape index (κ3) is 4.42. The van der Waals surface area contributed by atoms with Crippen LogP contribution in [0.15, 0.2) is 24.5 Å². The molecule has 0 amide bonds. The first kappa shape index (κ1) is 16.2. The predicted molar refractivity (Wildman–Crippen MR) is 94.2 cm³/mol. The molecule has 0 bridgehead atoms. The van der Waals surface area contributed by atoms with Crippen molar-refractivity contribution in [3.8, 4) is 5.75 Å². The maximum atomic E-state index is 5.30. The SMILES string of the molecule is CNc1ncc(CN2CCCC(Cc3cc(OC)ccn3)C2)s1. The molecule has 0 saturated carbocycles. The quantitative estimate of drug-likeness (QED) is 0.881. The van der Waals surface area contributed by atoms with E-state index in [2.05, 4.69) is 26.3 Å². The second-order valence-corrected chi connectivity index (χ2v) is 7.13. The van der Waals surface area contributed by atoms with Crippen LogP contribution in [0.5, 0.6) is 5.75 Å². The summed E-state index contributed by atoms with van der Waals surface area (Å²) in [6, 6.07) is 3.96. The van der Waals surface area contributed by atoms with Gasteiger partial charge in [-0.2, -0.15) is 0 Å². The second-order valence-electron chi connectivity index (χ2n) is 6.02. The molecule has 2 aromatic rings. The fraction of sp³-hybridized carbons (Fsp3) is 0.529. The second kappa shape index (κ2) is 7.75. The van der Waals surface area contributed by atoms with Crippen molar-refractivity contribution in [3.05, 3.63) is 35.1 Å². The molecule has 0 radical (unpaired) electrons. The van der Waals surface area contributed by atoms with E-state index >= 15 is 0 Å². The molecule has 1 aliphatic heterocycles. The van der Waals surface area contributed by atoms with Crippen LogP contribution in [-0.4, -0.2) is 42.1 Å². The van der Waals surface area contributed by atoms with Crippen LogP contribution in [0.3, 0.4) is 0 Å². The van der Waals surface area contributed by atoms with Gasteiger partial charge in [0, 0.05) is 49.2 Å². The van der Waals surface area contributed by atoms with E-state index < -0.39 is 0 Å². The van der Waals surface area contributed by atoms with Gasteiger partial charge in [-0.05, 0) is 37.8 Å². The lowest BCUT2D eigenvalue weighted by molar-refractivity contribution is 0.167. The van der Waals surface area contributed by atoms with Crippen molar-refractivity contribution in [2.45, 2.75) is 25.8 Å². The van der Waals surface area contributed by atoms with E-state index in [-0.39, 0.29) is 0 Å². The van der Waals surface area contributed by atoms with Crippen molar-refractivity contribution < 1.29 is 4.74 Å². The first-order valence-corrected chi connectivity index (χ1v) is 8.92. The molecular formula is C17H24N4OS. The van der Waals surface area contributed by atoms with Gasteiger partial charge in [0.1, 0.15) is 5.75 Å². The van der Waals surface area contributed by atoms with Crippen molar-refractivity contribution in [1.29, 1.82) is 0 Å². The molecule has 0 aromatic carbocycles. The van der Waals surface area contributed by atoms with Crippen LogP contribution in [0.25, 0.3) is 0 Å². The summed E-state index contributed by atoms with van der Waals surface area (Å²) in [5.41, 5.74) is 1.13. The number of rotatable bonds is 6. The Kier molecular flexibility index (Phi) is 5.46. The summed E-state index contributed by atoms with van der Waals surface area (Å²) in [6.45, 7) is 3.31. The lowest BCUT2D eigenvalue weighted by Crippen LogP contribution is -2.35. The molecule has 1 atom stereocenters. The first-order valence-electron chi connectivity index (χ1n) is 8.10. The Bertz CT molecular complexity index is 631. The summed E-state index contributed by atoms with van der Waals surface area (Å²) in [6.07, 6.45) is 7.39. The maximum absolute atomic E-state index is 5.30. The Hall–Kier alpha value is -1.66. The Balaban J connectivity index is 1.57. The number of pyridine rings is 1. The molecule has 0 spiro atoms. The number of anilines is 1. The summed E-state index contributed by atoms with van der Waals surface area (Å²) < 4.78 is 5.30. The van der Waals surface area contributed by atoms with Crippen molar-refractivity contribution >= 4 is 16.5 Å². The molecule has 1 unspecified atom stereocenters. The molecule has 1 saturated heterocycles. The number of aromatic nitrogens is 2. The van der Waals surface area contributed by atoms with E-state index in [1.807, 2.05) is 25.5 Å². The van der Waals surface area contributed by atoms with Crippen LogP contribution >= 0.6 is 11.3 Å². The molecule has 0 aliphatic carbocycles. The number of likely N-dealkylation sites (tertiary alicyclic amines) is 1. The highest BCUT2D eigenvalue weighted by atomic mass is 32.1. The summed E-state index contributed by atoms with van der Waals surface area (Å²) in [7, 11) is 3.62. The molecule has 1 fully saturated rings. The molecular weight excluding hydrogens is 308 g/mol. The fourth-order valence-electron chi connectivity index (χ4n) is 3.17. The Morgan fingerprint density at radius 2 is 2.35 bits per heavy atom. The van der Waals surface area contributed by atoms with Gasteiger partial charge in [-0.25, -0.2) is 4.98 Å². The Morgan fingerprint density at radius 1 is 1.43 bits per heavy atom. The van der Waals surface area contributed by atoms with Gasteiger partial charge in [0.15, 0.2) is 5.13 Å². The van der Waals surface area contributed by atoms with Crippen molar-refractivity contribution in [3.63, 3.8) is 0 Å². The van der Waals surface area contributed by atoms with Crippen LogP contribution in [0.4, 0.5) is 5.13 Å². The van der Waals surface area contributed by atoms with Crippen LogP contribution in [0, 0.1) is 5.92 Å². The molecule has 124 valence electrons. The minimum Gasteiger partial charge on any atom is -0.497 e. The van der Waals surface area contributed by atoms with Gasteiger partial charge < -0.3 is 10.1 Å². The van der Waals surface area contributed by atoms with E-state index in [9.17, 15) is 0 Å². The van der Waals surface area contributed by atoms with Crippen LogP contribution in [0.1, 0.15) is 23.4 Å². The molecule has 2 aromatic heterocycles. The minimum atomic E-state index is 0.667. The number of piperidine rings is 1. The summed E-state index contributed by atoms with van der Waals surface area (Å²) in [5, 5.41) is 4.10. The first-order chi connectivity index (χ1) is 11.3. The maximum Gasteiger partial charge on any atom is 0.182 e. The van der Waals surface area contributed by atoms with E-state index in [1.165, 1.54) is 24.3 Å². The van der Waals surface area contributed by atoms with Crippen LogP contribution < -0.4 is 10.1 Å².